The summed E-state index contributed by atoms with van der Waals surface area (Å²) in [5.74, 6) is -6.28. The Morgan fingerprint density at radius 2 is 1.54 bits per heavy atom. The summed E-state index contributed by atoms with van der Waals surface area (Å²) in [5, 5.41) is 35.7. The van der Waals surface area contributed by atoms with Gasteiger partial charge >= 0.3 is 11.9 Å². The summed E-state index contributed by atoms with van der Waals surface area (Å²) in [4.78, 5) is 76.2. The molecule has 0 saturated carbocycles. The average molecular weight is 558 g/mol. The maximum absolute atomic E-state index is 13.2. The molecule has 1 aliphatic rings. The number of aliphatic carboxylic acids is 2. The van der Waals surface area contributed by atoms with Gasteiger partial charge in [0, 0.05) is 6.54 Å². The van der Waals surface area contributed by atoms with Gasteiger partial charge in [-0.2, -0.15) is 0 Å². The topological polar surface area (TPSA) is 228 Å². The van der Waals surface area contributed by atoms with Crippen LogP contribution in [0, 0.1) is 11.8 Å². The van der Waals surface area contributed by atoms with E-state index in [9.17, 15) is 44.1 Å². The molecule has 1 fully saturated rings. The maximum atomic E-state index is 13.2. The Morgan fingerprint density at radius 1 is 0.949 bits per heavy atom. The summed E-state index contributed by atoms with van der Waals surface area (Å²) in [6.45, 7) is 8.56. The monoisotopic (exact) mass is 557 g/mol. The fourth-order valence-electron chi connectivity index (χ4n) is 4.26. The predicted molar refractivity (Wildman–Crippen MR) is 139 cm³/mol. The lowest BCUT2D eigenvalue weighted by Crippen LogP contribution is -2.59. The molecule has 0 aromatic carbocycles. The minimum atomic E-state index is -1.60. The number of nitrogens with one attached hydrogen (secondary N) is 3. The quantitative estimate of drug-likeness (QED) is 0.127. The van der Waals surface area contributed by atoms with E-state index in [1.165, 1.54) is 11.8 Å². The molecule has 7 atom stereocenters. The average Bonchev–Trinajstić information content (AvgIpc) is 3.34. The Kier molecular flexibility index (Phi) is 13.3. The van der Waals surface area contributed by atoms with E-state index in [0.717, 1.165) is 0 Å². The van der Waals surface area contributed by atoms with Gasteiger partial charge in [0.05, 0.1) is 12.5 Å². The highest BCUT2D eigenvalue weighted by Gasteiger charge is 2.39. The van der Waals surface area contributed by atoms with Crippen molar-refractivity contribution in [1.29, 1.82) is 0 Å². The number of likely N-dealkylation sites (tertiary alicyclic amines) is 1. The van der Waals surface area contributed by atoms with Crippen LogP contribution in [-0.4, -0.2) is 98.6 Å². The first-order valence-corrected chi connectivity index (χ1v) is 13.2. The van der Waals surface area contributed by atoms with E-state index >= 15 is 0 Å². The first-order chi connectivity index (χ1) is 18.1. The van der Waals surface area contributed by atoms with Crippen molar-refractivity contribution in [2.45, 2.75) is 103 Å². The number of carboxylic acid groups (broad SMARTS) is 2. The van der Waals surface area contributed by atoms with Gasteiger partial charge in [-0.3, -0.25) is 24.0 Å². The number of aliphatic hydroxyl groups is 1. The van der Waals surface area contributed by atoms with Crippen LogP contribution in [0.4, 0.5) is 0 Å². The van der Waals surface area contributed by atoms with Gasteiger partial charge in [-0.15, -0.1) is 0 Å². The summed E-state index contributed by atoms with van der Waals surface area (Å²) in [6, 6.07) is -6.19. The van der Waals surface area contributed by atoms with Gasteiger partial charge in [0.2, 0.25) is 23.6 Å². The molecule has 1 heterocycles. The molecule has 0 unspecified atom stereocenters. The van der Waals surface area contributed by atoms with E-state index in [-0.39, 0.29) is 18.9 Å². The van der Waals surface area contributed by atoms with Gasteiger partial charge in [-0.25, -0.2) is 4.79 Å². The molecular weight excluding hydrogens is 514 g/mol. The van der Waals surface area contributed by atoms with Crippen LogP contribution in [-0.2, 0) is 28.8 Å². The highest BCUT2D eigenvalue weighted by molar-refractivity contribution is 5.96. The molecule has 1 aliphatic heterocycles. The number of carbonyl (C=O) groups excluding carboxylic acids is 4. The zero-order valence-corrected chi connectivity index (χ0v) is 23.2. The van der Waals surface area contributed by atoms with Crippen LogP contribution in [0.15, 0.2) is 0 Å². The molecule has 0 radical (unpaired) electrons. The number of carbonyl (C=O) groups is 6. The molecular formula is C25H43N5O9. The first-order valence-electron chi connectivity index (χ1n) is 13.2. The van der Waals surface area contributed by atoms with Crippen molar-refractivity contribution in [3.63, 3.8) is 0 Å². The second-order valence-electron chi connectivity index (χ2n) is 10.5. The Bertz CT molecular complexity index is 910. The lowest BCUT2D eigenvalue weighted by molar-refractivity contribution is -0.145. The van der Waals surface area contributed by atoms with Gasteiger partial charge in [-0.05, 0) is 38.0 Å². The highest BCUT2D eigenvalue weighted by Crippen LogP contribution is 2.20. The van der Waals surface area contributed by atoms with Crippen molar-refractivity contribution in [3.8, 4) is 0 Å². The van der Waals surface area contributed by atoms with Gasteiger partial charge in [0.25, 0.3) is 0 Å². The second-order valence-corrected chi connectivity index (χ2v) is 10.5. The summed E-state index contributed by atoms with van der Waals surface area (Å²) in [7, 11) is 0. The van der Waals surface area contributed by atoms with Crippen molar-refractivity contribution >= 4 is 35.6 Å². The number of carboxylic acids is 2. The van der Waals surface area contributed by atoms with E-state index in [2.05, 4.69) is 16.0 Å². The van der Waals surface area contributed by atoms with E-state index in [0.29, 0.717) is 19.3 Å². The Labute approximate surface area is 228 Å². The standard InChI is InChI=1S/C25H43N5O9/c1-6-13(4)20(25(38)39)29-22(35)16(11-18(32)33)27-21(34)15(10-12(2)3)28-23(36)17-8-7-9-30(17)24(37)19(26)14(5)31/h12-17,19-20,31H,6-11,26H2,1-5H3,(H,27,34)(H,28,36)(H,29,35)(H,32,33)(H,38,39)/t13-,14+,15-,16-,17-,19-,20-/m0/s1. The number of aliphatic hydroxyl groups excluding tert-OH is 1. The molecule has 0 aliphatic carbocycles. The predicted octanol–water partition coefficient (Wildman–Crippen LogP) is -1.21. The van der Waals surface area contributed by atoms with E-state index < -0.39 is 84.2 Å². The smallest absolute Gasteiger partial charge is 0.326 e. The zero-order valence-electron chi connectivity index (χ0n) is 23.2. The van der Waals surface area contributed by atoms with E-state index in [1.54, 1.807) is 27.7 Å². The van der Waals surface area contributed by atoms with Gasteiger partial charge in [0.15, 0.2) is 0 Å². The Morgan fingerprint density at radius 3 is 2.03 bits per heavy atom. The van der Waals surface area contributed by atoms with Crippen molar-refractivity contribution in [1.82, 2.24) is 20.9 Å². The third-order valence-electron chi connectivity index (χ3n) is 6.77. The minimum absolute atomic E-state index is 0.0976. The highest BCUT2D eigenvalue weighted by atomic mass is 16.4. The fourth-order valence-corrected chi connectivity index (χ4v) is 4.26. The van der Waals surface area contributed by atoms with Crippen LogP contribution in [0.1, 0.15) is 66.7 Å². The first kappa shape index (κ1) is 33.8. The Balaban J connectivity index is 3.09. The van der Waals surface area contributed by atoms with Crippen LogP contribution in [0.25, 0.3) is 0 Å². The van der Waals surface area contributed by atoms with Crippen molar-refractivity contribution in [2.75, 3.05) is 6.54 Å². The van der Waals surface area contributed by atoms with Gasteiger partial charge in [-0.1, -0.05) is 34.1 Å². The SMILES string of the molecule is CC[C@H](C)[C@H](NC(=O)[C@H](CC(=O)O)NC(=O)[C@H](CC(C)C)NC(=O)[C@@H]1CCCN1C(=O)[C@@H](N)[C@@H](C)O)C(=O)O. The lowest BCUT2D eigenvalue weighted by atomic mass is 9.98. The molecule has 39 heavy (non-hydrogen) atoms. The van der Waals surface area contributed by atoms with Crippen LogP contribution in [0.5, 0.6) is 0 Å². The molecule has 1 saturated heterocycles. The number of amides is 4. The number of nitrogens with two attached hydrogens (primary N) is 1. The molecule has 0 bridgehead atoms. The Hall–Kier alpha value is -3.26. The van der Waals surface area contributed by atoms with E-state index in [1.807, 2.05) is 0 Å². The lowest BCUT2D eigenvalue weighted by Gasteiger charge is -2.30. The van der Waals surface area contributed by atoms with Gasteiger partial charge in [0.1, 0.15) is 30.2 Å². The van der Waals surface area contributed by atoms with Crippen molar-refractivity contribution in [2.24, 2.45) is 17.6 Å². The second kappa shape index (κ2) is 15.4. The number of rotatable bonds is 15. The van der Waals surface area contributed by atoms with Crippen LogP contribution in [0.3, 0.4) is 0 Å². The molecule has 14 heteroatoms. The third kappa shape index (κ3) is 10.1. The summed E-state index contributed by atoms with van der Waals surface area (Å²) in [5.41, 5.74) is 5.76. The molecule has 0 aromatic rings. The maximum Gasteiger partial charge on any atom is 0.326 e. The number of nitrogens with zero attached hydrogens (tertiary/aromatic N) is 1. The summed E-state index contributed by atoms with van der Waals surface area (Å²) in [6.07, 6.45) is -0.542. The molecule has 0 aromatic heterocycles. The van der Waals surface area contributed by atoms with Crippen LogP contribution < -0.4 is 21.7 Å². The van der Waals surface area contributed by atoms with Crippen LogP contribution in [0.2, 0.25) is 0 Å². The van der Waals surface area contributed by atoms with Crippen LogP contribution >= 0.6 is 0 Å². The summed E-state index contributed by atoms with van der Waals surface area (Å²) < 4.78 is 0. The molecule has 4 amide bonds. The molecule has 8 N–H and O–H groups in total. The number of hydrogen-bond donors (Lipinski definition) is 7. The fraction of sp³-hybridized carbons (Fsp3) is 0.760. The minimum Gasteiger partial charge on any atom is -0.481 e. The van der Waals surface area contributed by atoms with Gasteiger partial charge < -0.3 is 41.9 Å². The summed E-state index contributed by atoms with van der Waals surface area (Å²) >= 11 is 0. The molecule has 14 nitrogen and oxygen atoms in total. The molecule has 0 spiro atoms. The molecule has 1 rings (SSSR count). The van der Waals surface area contributed by atoms with E-state index in [4.69, 9.17) is 5.73 Å². The number of hydrogen-bond acceptors (Lipinski definition) is 8. The van der Waals surface area contributed by atoms with Crippen molar-refractivity contribution < 1.29 is 44.1 Å². The third-order valence-corrected chi connectivity index (χ3v) is 6.77. The largest absolute Gasteiger partial charge is 0.481 e. The molecule has 222 valence electrons. The normalized spacial score (nSPS) is 19.8. The zero-order chi connectivity index (χ0) is 30.0. The van der Waals surface area contributed by atoms with Crippen molar-refractivity contribution in [3.05, 3.63) is 0 Å².